The summed E-state index contributed by atoms with van der Waals surface area (Å²) in [6.45, 7) is 2.39. The highest BCUT2D eigenvalue weighted by atomic mass is 16.3. The van der Waals surface area contributed by atoms with Crippen molar-refractivity contribution >= 4 is 17.8 Å². The van der Waals surface area contributed by atoms with E-state index in [1.807, 2.05) is 25.1 Å². The number of benzene rings is 1. The van der Waals surface area contributed by atoms with Crippen molar-refractivity contribution in [2.75, 3.05) is 6.54 Å². The molecule has 1 amide bonds. The van der Waals surface area contributed by atoms with E-state index in [0.29, 0.717) is 18.5 Å². The summed E-state index contributed by atoms with van der Waals surface area (Å²) < 4.78 is 0. The molecule has 4 nitrogen and oxygen atoms in total. The highest BCUT2D eigenvalue weighted by Crippen LogP contribution is 2.29. The van der Waals surface area contributed by atoms with E-state index in [9.17, 15) is 9.90 Å². The van der Waals surface area contributed by atoms with Crippen LogP contribution in [-0.2, 0) is 0 Å². The molecule has 1 aromatic rings. The van der Waals surface area contributed by atoms with Gasteiger partial charge in [-0.15, -0.1) is 0 Å². The molecule has 1 N–H and O–H groups in total. The normalized spacial score (nSPS) is 26.7. The maximum Gasteiger partial charge on any atom is 0.256 e. The van der Waals surface area contributed by atoms with E-state index < -0.39 is 6.10 Å². The molecule has 0 saturated carbocycles. The monoisotopic (exact) mass is 230 g/mol. The van der Waals surface area contributed by atoms with Crippen LogP contribution in [0.4, 0.5) is 5.69 Å². The van der Waals surface area contributed by atoms with Gasteiger partial charge in [-0.25, -0.2) is 0 Å². The molecule has 0 spiro atoms. The van der Waals surface area contributed by atoms with Crippen LogP contribution in [-0.4, -0.2) is 40.8 Å². The summed E-state index contributed by atoms with van der Waals surface area (Å²) in [5, 5.41) is 9.61. The highest BCUT2D eigenvalue weighted by molar-refractivity contribution is 6.02. The third-order valence-corrected chi connectivity index (χ3v) is 3.35. The molecule has 2 atom stereocenters. The summed E-state index contributed by atoms with van der Waals surface area (Å²) in [6, 6.07) is 5.59. The largest absolute Gasteiger partial charge is 0.391 e. The zero-order valence-electron chi connectivity index (χ0n) is 9.63. The van der Waals surface area contributed by atoms with Gasteiger partial charge in [0.25, 0.3) is 5.91 Å². The van der Waals surface area contributed by atoms with Gasteiger partial charge in [0.1, 0.15) is 0 Å². The van der Waals surface area contributed by atoms with E-state index in [1.165, 1.54) is 0 Å². The number of rotatable bonds is 0. The molecule has 88 valence electrons. The Hall–Kier alpha value is -1.68. The molecule has 2 aliphatic heterocycles. The maximum atomic E-state index is 12.3. The Morgan fingerprint density at radius 3 is 3.12 bits per heavy atom. The van der Waals surface area contributed by atoms with Crippen LogP contribution < -0.4 is 0 Å². The first-order valence-corrected chi connectivity index (χ1v) is 5.79. The Morgan fingerprint density at radius 1 is 1.47 bits per heavy atom. The molecule has 1 saturated heterocycles. The molecular weight excluding hydrogens is 216 g/mol. The SMILES string of the molecule is Cc1ccc2c(c1)N=C[C@@H]1C[C@@H](O)CN1C2=O. The maximum absolute atomic E-state index is 12.3. The second-order valence-corrected chi connectivity index (χ2v) is 4.71. The standard InChI is InChI=1S/C13H14N2O2/c1-8-2-3-11-12(4-8)14-6-9-5-10(16)7-15(9)13(11)17/h2-4,6,9-10,16H,5,7H2,1H3/t9-,10+/m0/s1. The van der Waals surface area contributed by atoms with E-state index in [4.69, 9.17) is 0 Å². The summed E-state index contributed by atoms with van der Waals surface area (Å²) >= 11 is 0. The fourth-order valence-corrected chi connectivity index (χ4v) is 2.47. The molecular formula is C13H14N2O2. The molecule has 0 aromatic heterocycles. The van der Waals surface area contributed by atoms with Crippen LogP contribution >= 0.6 is 0 Å². The van der Waals surface area contributed by atoms with E-state index >= 15 is 0 Å². The predicted octanol–water partition coefficient (Wildman–Crippen LogP) is 1.29. The van der Waals surface area contributed by atoms with Crippen LogP contribution in [0.25, 0.3) is 0 Å². The van der Waals surface area contributed by atoms with Crippen LogP contribution in [0.3, 0.4) is 0 Å². The lowest BCUT2D eigenvalue weighted by molar-refractivity contribution is 0.0750. The Labute approximate surface area is 99.6 Å². The molecule has 1 aromatic carbocycles. The molecule has 2 heterocycles. The van der Waals surface area contributed by atoms with Crippen LogP contribution in [0.2, 0.25) is 0 Å². The predicted molar refractivity (Wildman–Crippen MR) is 64.8 cm³/mol. The number of amides is 1. The minimum absolute atomic E-state index is 0.0287. The smallest absolute Gasteiger partial charge is 0.256 e. The third kappa shape index (κ3) is 1.65. The Kier molecular flexibility index (Phi) is 2.26. The van der Waals surface area contributed by atoms with Gasteiger partial charge in [-0.3, -0.25) is 9.79 Å². The van der Waals surface area contributed by atoms with Crippen molar-refractivity contribution in [3.05, 3.63) is 29.3 Å². The van der Waals surface area contributed by atoms with E-state index in [2.05, 4.69) is 4.99 Å². The van der Waals surface area contributed by atoms with Crippen LogP contribution in [0.15, 0.2) is 23.2 Å². The molecule has 4 heteroatoms. The first-order chi connectivity index (χ1) is 8.15. The lowest BCUT2D eigenvalue weighted by atomic mass is 10.1. The fourth-order valence-electron chi connectivity index (χ4n) is 2.47. The quantitative estimate of drug-likeness (QED) is 0.730. The van der Waals surface area contributed by atoms with E-state index in [-0.39, 0.29) is 11.9 Å². The van der Waals surface area contributed by atoms with Crippen molar-refractivity contribution in [1.29, 1.82) is 0 Å². The van der Waals surface area contributed by atoms with Gasteiger partial charge >= 0.3 is 0 Å². The second-order valence-electron chi connectivity index (χ2n) is 4.71. The average Bonchev–Trinajstić information content (AvgIpc) is 2.62. The van der Waals surface area contributed by atoms with Crippen molar-refractivity contribution in [2.45, 2.75) is 25.5 Å². The summed E-state index contributed by atoms with van der Waals surface area (Å²) in [7, 11) is 0. The fraction of sp³-hybridized carbons (Fsp3) is 0.385. The Bertz CT molecular complexity index is 510. The number of carbonyl (C=O) groups excluding carboxylic acids is 1. The van der Waals surface area contributed by atoms with Gasteiger partial charge < -0.3 is 10.0 Å². The lowest BCUT2D eigenvalue weighted by Gasteiger charge is -2.19. The van der Waals surface area contributed by atoms with Gasteiger partial charge in [0, 0.05) is 19.2 Å². The van der Waals surface area contributed by atoms with Crippen molar-refractivity contribution in [2.24, 2.45) is 4.99 Å². The molecule has 0 radical (unpaired) electrons. The number of hydrogen-bond donors (Lipinski definition) is 1. The van der Waals surface area contributed by atoms with Crippen molar-refractivity contribution in [1.82, 2.24) is 4.90 Å². The number of hydrogen-bond acceptors (Lipinski definition) is 3. The topological polar surface area (TPSA) is 52.9 Å². The number of aliphatic imine (C=N–C) groups is 1. The van der Waals surface area contributed by atoms with Crippen LogP contribution in [0.1, 0.15) is 22.3 Å². The number of aryl methyl sites for hydroxylation is 1. The van der Waals surface area contributed by atoms with Gasteiger partial charge in [-0.2, -0.15) is 0 Å². The van der Waals surface area contributed by atoms with Crippen molar-refractivity contribution in [3.8, 4) is 0 Å². The number of fused-ring (bicyclic) bond motifs is 2. The molecule has 3 rings (SSSR count). The van der Waals surface area contributed by atoms with Gasteiger partial charge in [0.05, 0.1) is 23.4 Å². The minimum atomic E-state index is -0.428. The number of nitrogens with zero attached hydrogens (tertiary/aromatic N) is 2. The average molecular weight is 230 g/mol. The van der Waals surface area contributed by atoms with Gasteiger partial charge in [-0.1, -0.05) is 6.07 Å². The number of aliphatic hydroxyl groups is 1. The van der Waals surface area contributed by atoms with Crippen molar-refractivity contribution in [3.63, 3.8) is 0 Å². The summed E-state index contributed by atoms with van der Waals surface area (Å²) in [4.78, 5) is 18.4. The first-order valence-electron chi connectivity index (χ1n) is 5.79. The summed E-state index contributed by atoms with van der Waals surface area (Å²) in [5.74, 6) is -0.0287. The lowest BCUT2D eigenvalue weighted by Crippen LogP contribution is -2.35. The van der Waals surface area contributed by atoms with Crippen LogP contribution in [0, 0.1) is 6.92 Å². The summed E-state index contributed by atoms with van der Waals surface area (Å²) in [6.07, 6.45) is 1.93. The Balaban J connectivity index is 2.07. The zero-order chi connectivity index (χ0) is 12.0. The molecule has 0 unspecified atom stereocenters. The molecule has 2 aliphatic rings. The van der Waals surface area contributed by atoms with Crippen molar-refractivity contribution < 1.29 is 9.90 Å². The van der Waals surface area contributed by atoms with Gasteiger partial charge in [0.15, 0.2) is 0 Å². The Morgan fingerprint density at radius 2 is 2.29 bits per heavy atom. The zero-order valence-corrected chi connectivity index (χ0v) is 9.63. The molecule has 17 heavy (non-hydrogen) atoms. The number of carbonyl (C=O) groups is 1. The number of aliphatic hydroxyl groups excluding tert-OH is 1. The molecule has 1 fully saturated rings. The highest BCUT2D eigenvalue weighted by Gasteiger charge is 2.35. The minimum Gasteiger partial charge on any atom is -0.391 e. The van der Waals surface area contributed by atoms with E-state index in [0.717, 1.165) is 11.3 Å². The molecule has 0 aliphatic carbocycles. The third-order valence-electron chi connectivity index (χ3n) is 3.35. The van der Waals surface area contributed by atoms with Gasteiger partial charge in [-0.05, 0) is 24.6 Å². The van der Waals surface area contributed by atoms with E-state index in [1.54, 1.807) is 11.1 Å². The van der Waals surface area contributed by atoms with Gasteiger partial charge in [0.2, 0.25) is 0 Å². The first kappa shape index (κ1) is 10.5. The second kappa shape index (κ2) is 3.67. The van der Waals surface area contributed by atoms with Crippen LogP contribution in [0.5, 0.6) is 0 Å². The molecule has 0 bridgehead atoms. The summed E-state index contributed by atoms with van der Waals surface area (Å²) in [5.41, 5.74) is 2.46.